The Labute approximate surface area is 139 Å². The van der Waals surface area contributed by atoms with Gasteiger partial charge in [0.2, 0.25) is 5.91 Å². The molecule has 1 aromatic rings. The Balaban J connectivity index is 1.86. The lowest BCUT2D eigenvalue weighted by atomic mass is 10.1. The Bertz CT molecular complexity index is 459. The topological polar surface area (TPSA) is 42.0 Å². The zero-order valence-corrected chi connectivity index (χ0v) is 14.2. The molecule has 1 amide bonds. The first-order valence-corrected chi connectivity index (χ1v) is 8.27. The number of hydrogen-bond acceptors (Lipinski definition) is 4. The van der Waals surface area contributed by atoms with E-state index in [0.29, 0.717) is 26.3 Å². The van der Waals surface area contributed by atoms with E-state index < -0.39 is 0 Å². The fourth-order valence-electron chi connectivity index (χ4n) is 3.01. The van der Waals surface area contributed by atoms with Gasteiger partial charge in [-0.1, -0.05) is 30.3 Å². The summed E-state index contributed by atoms with van der Waals surface area (Å²) in [6, 6.07) is 10.4. The van der Waals surface area contributed by atoms with Crippen molar-refractivity contribution in [3.05, 3.63) is 35.9 Å². The average molecular weight is 320 g/mol. The van der Waals surface area contributed by atoms with Crippen molar-refractivity contribution in [1.29, 1.82) is 0 Å². The zero-order chi connectivity index (χ0) is 16.5. The van der Waals surface area contributed by atoms with Crippen LogP contribution in [-0.2, 0) is 20.8 Å². The molecule has 1 aliphatic rings. The van der Waals surface area contributed by atoms with E-state index in [9.17, 15) is 4.79 Å². The lowest BCUT2D eigenvalue weighted by Gasteiger charge is -2.25. The monoisotopic (exact) mass is 320 g/mol. The fraction of sp³-hybridized carbons (Fsp3) is 0.611. The fourth-order valence-corrected chi connectivity index (χ4v) is 3.01. The minimum atomic E-state index is 0.0902. The third-order valence-corrected chi connectivity index (χ3v) is 4.31. The number of nitrogens with zero attached hydrogens (tertiary/aromatic N) is 2. The van der Waals surface area contributed by atoms with Crippen LogP contribution >= 0.6 is 0 Å². The molecule has 1 saturated heterocycles. The number of carbonyl (C=O) groups is 1. The molecule has 1 aromatic carbocycles. The standard InChI is InChI=1S/C18H28N2O3/c1-22-12-10-20(11-13-23-2)18(21)17-8-9-19(15-17)14-16-6-4-3-5-7-16/h3-7,17H,8-15H2,1-2H3. The molecule has 0 bridgehead atoms. The quantitative estimate of drug-likeness (QED) is 0.693. The van der Waals surface area contributed by atoms with Crippen molar-refractivity contribution in [2.45, 2.75) is 13.0 Å². The number of rotatable bonds is 9. The van der Waals surface area contributed by atoms with Gasteiger partial charge >= 0.3 is 0 Å². The summed E-state index contributed by atoms with van der Waals surface area (Å²) in [5.41, 5.74) is 1.30. The molecular weight excluding hydrogens is 292 g/mol. The van der Waals surface area contributed by atoms with E-state index in [4.69, 9.17) is 9.47 Å². The van der Waals surface area contributed by atoms with Crippen LogP contribution in [-0.4, -0.2) is 69.3 Å². The Morgan fingerprint density at radius 3 is 2.43 bits per heavy atom. The molecule has 128 valence electrons. The van der Waals surface area contributed by atoms with Crippen LogP contribution in [0, 0.1) is 5.92 Å². The van der Waals surface area contributed by atoms with Gasteiger partial charge < -0.3 is 14.4 Å². The maximum Gasteiger partial charge on any atom is 0.227 e. The third-order valence-electron chi connectivity index (χ3n) is 4.31. The molecule has 1 unspecified atom stereocenters. The van der Waals surface area contributed by atoms with Gasteiger partial charge in [0.15, 0.2) is 0 Å². The van der Waals surface area contributed by atoms with Gasteiger partial charge in [-0.15, -0.1) is 0 Å². The first kappa shape index (κ1) is 17.9. The summed E-state index contributed by atoms with van der Waals surface area (Å²) in [5, 5.41) is 0. The smallest absolute Gasteiger partial charge is 0.227 e. The summed E-state index contributed by atoms with van der Waals surface area (Å²) in [5.74, 6) is 0.321. The first-order valence-electron chi connectivity index (χ1n) is 8.27. The number of ether oxygens (including phenoxy) is 2. The summed E-state index contributed by atoms with van der Waals surface area (Å²) in [7, 11) is 3.33. The largest absolute Gasteiger partial charge is 0.383 e. The van der Waals surface area contributed by atoms with E-state index >= 15 is 0 Å². The van der Waals surface area contributed by atoms with Crippen LogP contribution in [0.15, 0.2) is 30.3 Å². The molecule has 0 aliphatic carbocycles. The van der Waals surface area contributed by atoms with Crippen molar-refractivity contribution in [3.63, 3.8) is 0 Å². The summed E-state index contributed by atoms with van der Waals surface area (Å²) >= 11 is 0. The summed E-state index contributed by atoms with van der Waals surface area (Å²) in [4.78, 5) is 17.0. The van der Waals surface area contributed by atoms with Crippen molar-refractivity contribution in [3.8, 4) is 0 Å². The third kappa shape index (κ3) is 5.61. The molecule has 1 aliphatic heterocycles. The van der Waals surface area contributed by atoms with Gasteiger partial charge in [-0.05, 0) is 18.5 Å². The van der Waals surface area contributed by atoms with Crippen molar-refractivity contribution in [1.82, 2.24) is 9.80 Å². The van der Waals surface area contributed by atoms with Crippen LogP contribution < -0.4 is 0 Å². The maximum atomic E-state index is 12.7. The molecule has 1 atom stereocenters. The molecule has 2 rings (SSSR count). The van der Waals surface area contributed by atoms with E-state index in [0.717, 1.165) is 26.1 Å². The molecule has 0 N–H and O–H groups in total. The van der Waals surface area contributed by atoms with E-state index in [2.05, 4.69) is 29.2 Å². The van der Waals surface area contributed by atoms with Crippen LogP contribution in [0.3, 0.4) is 0 Å². The Morgan fingerprint density at radius 1 is 1.17 bits per heavy atom. The second kappa shape index (κ2) is 9.65. The molecule has 5 nitrogen and oxygen atoms in total. The maximum absolute atomic E-state index is 12.7. The summed E-state index contributed by atoms with van der Waals surface area (Å²) in [6.07, 6.45) is 0.933. The predicted molar refractivity (Wildman–Crippen MR) is 90.2 cm³/mol. The minimum absolute atomic E-state index is 0.0902. The molecule has 23 heavy (non-hydrogen) atoms. The Hall–Kier alpha value is -1.43. The van der Waals surface area contributed by atoms with Crippen LogP contribution in [0.2, 0.25) is 0 Å². The highest BCUT2D eigenvalue weighted by Gasteiger charge is 2.31. The molecular formula is C18H28N2O3. The summed E-state index contributed by atoms with van der Waals surface area (Å²) < 4.78 is 10.2. The van der Waals surface area contributed by atoms with Crippen LogP contribution in [0.1, 0.15) is 12.0 Å². The SMILES string of the molecule is COCCN(CCOC)C(=O)C1CCN(Cc2ccccc2)C1. The molecule has 0 radical (unpaired) electrons. The number of carbonyl (C=O) groups excluding carboxylic acids is 1. The van der Waals surface area contributed by atoms with E-state index in [-0.39, 0.29) is 11.8 Å². The summed E-state index contributed by atoms with van der Waals surface area (Å²) in [6.45, 7) is 5.13. The van der Waals surface area contributed by atoms with E-state index in [1.807, 2.05) is 11.0 Å². The molecule has 0 saturated carbocycles. The number of benzene rings is 1. The van der Waals surface area contributed by atoms with Crippen molar-refractivity contribution >= 4 is 5.91 Å². The normalized spacial score (nSPS) is 18.3. The van der Waals surface area contributed by atoms with E-state index in [1.54, 1.807) is 14.2 Å². The van der Waals surface area contributed by atoms with Gasteiger partial charge in [0.05, 0.1) is 19.1 Å². The second-order valence-electron chi connectivity index (χ2n) is 6.02. The highest BCUT2D eigenvalue weighted by Crippen LogP contribution is 2.20. The zero-order valence-electron chi connectivity index (χ0n) is 14.2. The minimum Gasteiger partial charge on any atom is -0.383 e. The first-order chi connectivity index (χ1) is 11.2. The van der Waals surface area contributed by atoms with Gasteiger partial charge in [-0.3, -0.25) is 9.69 Å². The van der Waals surface area contributed by atoms with Gasteiger partial charge in [0, 0.05) is 40.4 Å². The molecule has 1 fully saturated rings. The van der Waals surface area contributed by atoms with Crippen LogP contribution in [0.25, 0.3) is 0 Å². The molecule has 1 heterocycles. The highest BCUT2D eigenvalue weighted by molar-refractivity contribution is 5.79. The van der Waals surface area contributed by atoms with Gasteiger partial charge in [0.25, 0.3) is 0 Å². The molecule has 0 spiro atoms. The second-order valence-corrected chi connectivity index (χ2v) is 6.02. The van der Waals surface area contributed by atoms with E-state index in [1.165, 1.54) is 5.56 Å². The Morgan fingerprint density at radius 2 is 1.83 bits per heavy atom. The van der Waals surface area contributed by atoms with Crippen molar-refractivity contribution < 1.29 is 14.3 Å². The molecule has 5 heteroatoms. The van der Waals surface area contributed by atoms with Crippen molar-refractivity contribution in [2.24, 2.45) is 5.92 Å². The lowest BCUT2D eigenvalue weighted by Crippen LogP contribution is -2.41. The van der Waals surface area contributed by atoms with Crippen LogP contribution in [0.5, 0.6) is 0 Å². The number of likely N-dealkylation sites (tertiary alicyclic amines) is 1. The highest BCUT2D eigenvalue weighted by atomic mass is 16.5. The Kier molecular flexibility index (Phi) is 7.52. The predicted octanol–water partition coefficient (Wildman–Crippen LogP) is 1.63. The number of amides is 1. The van der Waals surface area contributed by atoms with Gasteiger partial charge in [0.1, 0.15) is 0 Å². The average Bonchev–Trinajstić information content (AvgIpc) is 3.04. The van der Waals surface area contributed by atoms with Crippen molar-refractivity contribution in [2.75, 3.05) is 53.6 Å². The number of methoxy groups -OCH3 is 2. The van der Waals surface area contributed by atoms with Crippen LogP contribution in [0.4, 0.5) is 0 Å². The lowest BCUT2D eigenvalue weighted by molar-refractivity contribution is -0.136. The van der Waals surface area contributed by atoms with Gasteiger partial charge in [-0.25, -0.2) is 0 Å². The number of hydrogen-bond donors (Lipinski definition) is 0. The molecule has 0 aromatic heterocycles. The van der Waals surface area contributed by atoms with Gasteiger partial charge in [-0.2, -0.15) is 0 Å².